The minimum absolute atomic E-state index is 0.125. The van der Waals surface area contributed by atoms with Gasteiger partial charge in [-0.2, -0.15) is 0 Å². The molecule has 0 atom stereocenters. The molecule has 1 amide bonds. The van der Waals surface area contributed by atoms with E-state index in [1.165, 1.54) is 34.3 Å². The molecule has 0 aliphatic rings. The predicted molar refractivity (Wildman–Crippen MR) is 134 cm³/mol. The van der Waals surface area contributed by atoms with Crippen molar-refractivity contribution >= 4 is 40.1 Å². The van der Waals surface area contributed by atoms with Crippen LogP contribution in [0.4, 0.5) is 11.5 Å². The maximum atomic E-state index is 12.8. The second kappa shape index (κ2) is 9.16. The van der Waals surface area contributed by atoms with Crippen LogP contribution in [0.3, 0.4) is 0 Å². The van der Waals surface area contributed by atoms with Crippen LogP contribution in [0.5, 0.6) is 0 Å². The van der Waals surface area contributed by atoms with Gasteiger partial charge in [-0.05, 0) is 41.6 Å². The SMILES string of the molecule is CC(C)Cn1c(N)c(-c2csc(-c3ccc(NC(=O)c4cccs4)cc3)n2)c(=O)n(C)c1=O. The van der Waals surface area contributed by atoms with Crippen LogP contribution in [-0.4, -0.2) is 20.0 Å². The molecule has 0 radical (unpaired) electrons. The highest BCUT2D eigenvalue weighted by Gasteiger charge is 2.20. The minimum atomic E-state index is -0.471. The lowest BCUT2D eigenvalue weighted by molar-refractivity contribution is 0.103. The van der Waals surface area contributed by atoms with Crippen molar-refractivity contribution < 1.29 is 4.79 Å². The molecule has 3 aromatic heterocycles. The van der Waals surface area contributed by atoms with Crippen LogP contribution in [0.25, 0.3) is 21.8 Å². The van der Waals surface area contributed by atoms with Gasteiger partial charge in [-0.3, -0.25) is 18.7 Å². The third-order valence-electron chi connectivity index (χ3n) is 5.03. The summed E-state index contributed by atoms with van der Waals surface area (Å²) < 4.78 is 2.49. The summed E-state index contributed by atoms with van der Waals surface area (Å²) in [7, 11) is 1.45. The number of hydrogen-bond donors (Lipinski definition) is 2. The summed E-state index contributed by atoms with van der Waals surface area (Å²) in [5.74, 6) is 0.151. The monoisotopic (exact) mass is 481 g/mol. The topological polar surface area (TPSA) is 112 Å². The molecule has 0 unspecified atom stereocenters. The number of anilines is 2. The van der Waals surface area contributed by atoms with E-state index >= 15 is 0 Å². The van der Waals surface area contributed by atoms with Crippen LogP contribution < -0.4 is 22.3 Å². The number of nitrogen functional groups attached to an aromatic ring is 1. The molecule has 1 aromatic carbocycles. The summed E-state index contributed by atoms with van der Waals surface area (Å²) in [5.41, 5.74) is 7.52. The lowest BCUT2D eigenvalue weighted by atomic mass is 10.2. The first-order valence-corrected chi connectivity index (χ1v) is 12.0. The van der Waals surface area contributed by atoms with Gasteiger partial charge in [-0.25, -0.2) is 9.78 Å². The van der Waals surface area contributed by atoms with Gasteiger partial charge in [0.25, 0.3) is 11.5 Å². The Morgan fingerprint density at radius 1 is 1.15 bits per heavy atom. The summed E-state index contributed by atoms with van der Waals surface area (Å²) in [6.45, 7) is 4.36. The normalized spacial score (nSPS) is 11.2. The molecule has 3 heterocycles. The third-order valence-corrected chi connectivity index (χ3v) is 6.79. The fourth-order valence-electron chi connectivity index (χ4n) is 3.38. The zero-order valence-corrected chi connectivity index (χ0v) is 20.0. The summed E-state index contributed by atoms with van der Waals surface area (Å²) in [4.78, 5) is 42.9. The lowest BCUT2D eigenvalue weighted by Gasteiger charge is -2.15. The molecular formula is C23H23N5O3S2. The van der Waals surface area contributed by atoms with Crippen molar-refractivity contribution in [3.8, 4) is 21.8 Å². The maximum absolute atomic E-state index is 12.8. The van der Waals surface area contributed by atoms with Gasteiger partial charge >= 0.3 is 5.69 Å². The smallest absolute Gasteiger partial charge is 0.332 e. The third kappa shape index (κ3) is 4.53. The summed E-state index contributed by atoms with van der Waals surface area (Å²) in [5, 5.41) is 7.18. The van der Waals surface area contributed by atoms with Crippen LogP contribution in [0, 0.1) is 5.92 Å². The number of nitrogens with one attached hydrogen (secondary N) is 1. The number of amides is 1. The number of thiazole rings is 1. The van der Waals surface area contributed by atoms with Gasteiger partial charge in [0, 0.05) is 30.2 Å². The predicted octanol–water partition coefficient (Wildman–Crippen LogP) is 3.89. The number of benzene rings is 1. The number of aromatic nitrogens is 3. The van der Waals surface area contributed by atoms with Crippen LogP contribution in [0.15, 0.2) is 56.7 Å². The van der Waals surface area contributed by atoms with Crippen molar-refractivity contribution in [1.29, 1.82) is 0 Å². The number of rotatable bonds is 6. The Kier molecular flexibility index (Phi) is 6.30. The molecule has 8 nitrogen and oxygen atoms in total. The number of carbonyl (C=O) groups excluding carboxylic acids is 1. The van der Waals surface area contributed by atoms with E-state index in [0.717, 1.165) is 10.1 Å². The molecule has 4 aromatic rings. The van der Waals surface area contributed by atoms with Crippen molar-refractivity contribution in [1.82, 2.24) is 14.1 Å². The Balaban J connectivity index is 1.63. The Morgan fingerprint density at radius 2 is 1.88 bits per heavy atom. The average molecular weight is 482 g/mol. The number of thiophene rings is 1. The maximum Gasteiger partial charge on any atom is 0.332 e. The van der Waals surface area contributed by atoms with E-state index < -0.39 is 11.2 Å². The van der Waals surface area contributed by atoms with Gasteiger partial charge in [0.05, 0.1) is 10.6 Å². The van der Waals surface area contributed by atoms with Crippen molar-refractivity contribution in [3.05, 3.63) is 72.9 Å². The number of nitrogens with two attached hydrogens (primary N) is 1. The first-order valence-electron chi connectivity index (χ1n) is 10.3. The van der Waals surface area contributed by atoms with Gasteiger partial charge in [-0.15, -0.1) is 22.7 Å². The van der Waals surface area contributed by atoms with Gasteiger partial charge in [0.2, 0.25) is 0 Å². The first-order chi connectivity index (χ1) is 15.8. The Hall–Kier alpha value is -3.50. The van der Waals surface area contributed by atoms with Crippen molar-refractivity contribution in [2.24, 2.45) is 13.0 Å². The standard InChI is InChI=1S/C23H23N5O3S2/c1-13(2)11-28-19(24)18(22(30)27(3)23(28)31)16-12-33-21(26-16)14-6-8-15(9-7-14)25-20(29)17-5-4-10-32-17/h4-10,12-13H,11,24H2,1-3H3,(H,25,29). The van der Waals surface area contributed by atoms with E-state index in [2.05, 4.69) is 10.3 Å². The van der Waals surface area contributed by atoms with Crippen LogP contribution in [0.2, 0.25) is 0 Å². The van der Waals surface area contributed by atoms with E-state index in [9.17, 15) is 14.4 Å². The molecule has 10 heteroatoms. The van der Waals surface area contributed by atoms with Crippen LogP contribution in [-0.2, 0) is 13.6 Å². The highest BCUT2D eigenvalue weighted by atomic mass is 32.1. The van der Waals surface area contributed by atoms with E-state index in [4.69, 9.17) is 5.73 Å². The summed E-state index contributed by atoms with van der Waals surface area (Å²) in [6, 6.07) is 10.9. The molecule has 0 aliphatic carbocycles. The zero-order chi connectivity index (χ0) is 23.7. The fourth-order valence-corrected chi connectivity index (χ4v) is 4.82. The lowest BCUT2D eigenvalue weighted by Crippen LogP contribution is -2.41. The van der Waals surface area contributed by atoms with Crippen molar-refractivity contribution in [2.75, 3.05) is 11.1 Å². The highest BCUT2D eigenvalue weighted by Crippen LogP contribution is 2.30. The van der Waals surface area contributed by atoms with Crippen LogP contribution in [0.1, 0.15) is 23.5 Å². The number of carbonyl (C=O) groups is 1. The van der Waals surface area contributed by atoms with Gasteiger partial charge in [0.15, 0.2) is 0 Å². The van der Waals surface area contributed by atoms with Gasteiger partial charge in [-0.1, -0.05) is 19.9 Å². The molecular weight excluding hydrogens is 458 g/mol. The van der Waals surface area contributed by atoms with E-state index in [-0.39, 0.29) is 23.2 Å². The highest BCUT2D eigenvalue weighted by molar-refractivity contribution is 7.13. The van der Waals surface area contributed by atoms with Crippen molar-refractivity contribution in [3.63, 3.8) is 0 Å². The molecule has 0 spiro atoms. The molecule has 0 bridgehead atoms. The molecule has 0 saturated heterocycles. The molecule has 170 valence electrons. The Bertz CT molecular complexity index is 1410. The minimum Gasteiger partial charge on any atom is -0.384 e. The Morgan fingerprint density at radius 3 is 2.52 bits per heavy atom. The van der Waals surface area contributed by atoms with E-state index in [1.54, 1.807) is 23.6 Å². The van der Waals surface area contributed by atoms with Crippen molar-refractivity contribution in [2.45, 2.75) is 20.4 Å². The number of nitrogens with zero attached hydrogens (tertiary/aromatic N) is 3. The average Bonchev–Trinajstić information content (AvgIpc) is 3.49. The molecule has 0 saturated carbocycles. The number of hydrogen-bond acceptors (Lipinski definition) is 7. The first kappa shape index (κ1) is 22.7. The van der Waals surface area contributed by atoms with E-state index in [1.807, 2.05) is 37.4 Å². The van der Waals surface area contributed by atoms with Gasteiger partial charge in [0.1, 0.15) is 16.4 Å². The molecule has 0 fully saturated rings. The quantitative estimate of drug-likeness (QED) is 0.434. The fraction of sp³-hybridized carbons (Fsp3) is 0.217. The zero-order valence-electron chi connectivity index (χ0n) is 18.4. The molecule has 33 heavy (non-hydrogen) atoms. The van der Waals surface area contributed by atoms with E-state index in [0.29, 0.717) is 27.8 Å². The molecule has 3 N–H and O–H groups in total. The second-order valence-corrected chi connectivity index (χ2v) is 9.76. The van der Waals surface area contributed by atoms with Crippen LogP contribution >= 0.6 is 22.7 Å². The van der Waals surface area contributed by atoms with Gasteiger partial charge < -0.3 is 11.1 Å². The summed E-state index contributed by atoms with van der Waals surface area (Å²) >= 11 is 2.75. The summed E-state index contributed by atoms with van der Waals surface area (Å²) in [6.07, 6.45) is 0. The largest absolute Gasteiger partial charge is 0.384 e. The second-order valence-electron chi connectivity index (χ2n) is 7.96. The Labute approximate surface area is 198 Å². The molecule has 0 aliphatic heterocycles. The molecule has 4 rings (SSSR count).